The predicted octanol–water partition coefficient (Wildman–Crippen LogP) is 1.42. The van der Waals surface area contributed by atoms with Crippen molar-refractivity contribution in [1.82, 2.24) is 0 Å². The Kier molecular flexibility index (Phi) is 8.44. The van der Waals surface area contributed by atoms with Crippen LogP contribution in [0.1, 0.15) is 74.1 Å². The van der Waals surface area contributed by atoms with Crippen LogP contribution in [0.2, 0.25) is 0 Å². The van der Waals surface area contributed by atoms with Gasteiger partial charge in [-0.2, -0.15) is 0 Å². The maximum Gasteiger partial charge on any atom is 0.342 e. The van der Waals surface area contributed by atoms with Crippen molar-refractivity contribution in [2.75, 3.05) is 0 Å². The Morgan fingerprint density at radius 1 is 1.00 bits per heavy atom. The van der Waals surface area contributed by atoms with E-state index in [4.69, 9.17) is 23.7 Å². The molecule has 4 rings (SSSR count). The second-order valence-electron chi connectivity index (χ2n) is 12.5. The molecular weight excluding hydrogens is 552 g/mol. The Balaban J connectivity index is 1.98. The third kappa shape index (κ3) is 4.95. The van der Waals surface area contributed by atoms with Gasteiger partial charge in [0.1, 0.15) is 24.4 Å². The lowest BCUT2D eigenvalue weighted by Crippen LogP contribution is -2.68. The van der Waals surface area contributed by atoms with Crippen LogP contribution in [0.4, 0.5) is 0 Å². The van der Waals surface area contributed by atoms with Crippen molar-refractivity contribution in [2.24, 2.45) is 11.3 Å². The molecule has 0 bridgehead atoms. The molecule has 12 nitrogen and oxygen atoms in total. The number of unbranched alkanes of at least 4 members (excludes halogenated alkanes) is 2. The van der Waals surface area contributed by atoms with Gasteiger partial charge >= 0.3 is 23.9 Å². The highest BCUT2D eigenvalue weighted by atomic mass is 16.7. The predicted molar refractivity (Wildman–Crippen MR) is 144 cm³/mol. The van der Waals surface area contributed by atoms with Gasteiger partial charge in [-0.05, 0) is 38.8 Å². The van der Waals surface area contributed by atoms with Gasteiger partial charge in [-0.3, -0.25) is 14.4 Å². The number of aliphatic hydroxyl groups is 3. The number of carbonyl (C=O) groups is 4. The van der Waals surface area contributed by atoms with Gasteiger partial charge < -0.3 is 39.0 Å². The zero-order valence-corrected chi connectivity index (χ0v) is 25.1. The Hall–Kier alpha value is -2.80. The van der Waals surface area contributed by atoms with Crippen molar-refractivity contribution < 1.29 is 58.2 Å². The minimum atomic E-state index is -2.08. The van der Waals surface area contributed by atoms with Gasteiger partial charge in [0.2, 0.25) is 0 Å². The van der Waals surface area contributed by atoms with Gasteiger partial charge in [0.25, 0.3) is 0 Å². The highest BCUT2D eigenvalue weighted by Crippen LogP contribution is 2.65. The summed E-state index contributed by atoms with van der Waals surface area (Å²) in [5, 5.41) is 34.8. The van der Waals surface area contributed by atoms with E-state index in [1.165, 1.54) is 32.1 Å². The molecule has 11 atom stereocenters. The van der Waals surface area contributed by atoms with Crippen LogP contribution in [0.15, 0.2) is 23.8 Å². The lowest BCUT2D eigenvalue weighted by atomic mass is 9.55. The summed E-state index contributed by atoms with van der Waals surface area (Å²) in [6.45, 7) is 10.2. The molecule has 0 aromatic heterocycles. The molecule has 42 heavy (non-hydrogen) atoms. The molecule has 234 valence electrons. The number of aliphatic hydroxyl groups excluding tert-OH is 2. The number of carbonyl (C=O) groups excluding carboxylic acids is 4. The van der Waals surface area contributed by atoms with Gasteiger partial charge in [0, 0.05) is 31.6 Å². The fourth-order valence-corrected chi connectivity index (χ4v) is 7.09. The molecule has 12 heteroatoms. The highest BCUT2D eigenvalue weighted by molar-refractivity contribution is 5.89. The smallest absolute Gasteiger partial charge is 0.342 e. The fraction of sp³-hybridized carbons (Fsp3) is 0.733. The minimum Gasteiger partial charge on any atom is -0.459 e. The third-order valence-corrected chi connectivity index (χ3v) is 9.31. The number of hydrogen-bond acceptors (Lipinski definition) is 12. The van der Waals surface area contributed by atoms with Gasteiger partial charge in [-0.25, -0.2) is 4.79 Å². The quantitative estimate of drug-likeness (QED) is 0.127. The first-order valence-electron chi connectivity index (χ1n) is 14.4. The normalized spacial score (nSPS) is 45.2. The number of fused-ring (bicyclic) bond motifs is 1. The van der Waals surface area contributed by atoms with Gasteiger partial charge in [-0.1, -0.05) is 38.8 Å². The topological polar surface area (TPSA) is 178 Å². The summed E-state index contributed by atoms with van der Waals surface area (Å²) in [5.41, 5.74) is -6.66. The van der Waals surface area contributed by atoms with Crippen molar-refractivity contribution in [2.45, 2.75) is 128 Å². The van der Waals surface area contributed by atoms with Gasteiger partial charge in [0.15, 0.2) is 23.4 Å². The van der Waals surface area contributed by atoms with E-state index in [9.17, 15) is 34.5 Å². The van der Waals surface area contributed by atoms with Crippen molar-refractivity contribution in [3.05, 3.63) is 23.8 Å². The molecule has 2 heterocycles. The molecule has 0 aromatic rings. The van der Waals surface area contributed by atoms with Crippen LogP contribution in [-0.2, 0) is 42.9 Å². The second-order valence-corrected chi connectivity index (χ2v) is 12.5. The van der Waals surface area contributed by atoms with Crippen LogP contribution in [0.25, 0.3) is 0 Å². The van der Waals surface area contributed by atoms with Crippen LogP contribution >= 0.6 is 0 Å². The first-order valence-corrected chi connectivity index (χ1v) is 14.4. The summed E-state index contributed by atoms with van der Waals surface area (Å²) in [5.74, 6) is -4.23. The molecule has 0 unspecified atom stereocenters. The maximum absolute atomic E-state index is 13.1. The van der Waals surface area contributed by atoms with E-state index in [0.29, 0.717) is 6.42 Å². The van der Waals surface area contributed by atoms with E-state index in [1.54, 1.807) is 13.8 Å². The number of esters is 4. The summed E-state index contributed by atoms with van der Waals surface area (Å²) in [4.78, 5) is 51.1. The summed E-state index contributed by atoms with van der Waals surface area (Å²) < 4.78 is 29.2. The third-order valence-electron chi connectivity index (χ3n) is 9.31. The molecule has 2 saturated heterocycles. The first kappa shape index (κ1) is 32.1. The average Bonchev–Trinajstić information content (AvgIpc) is 3.48. The lowest BCUT2D eigenvalue weighted by Gasteiger charge is -2.55. The summed E-state index contributed by atoms with van der Waals surface area (Å²) in [6.07, 6.45) is -2.15. The van der Waals surface area contributed by atoms with Crippen molar-refractivity contribution in [3.63, 3.8) is 0 Å². The first-order chi connectivity index (χ1) is 19.5. The van der Waals surface area contributed by atoms with Crippen LogP contribution in [0.5, 0.6) is 0 Å². The fourth-order valence-electron chi connectivity index (χ4n) is 7.09. The molecule has 2 aliphatic heterocycles. The van der Waals surface area contributed by atoms with Gasteiger partial charge in [0.05, 0.1) is 5.60 Å². The molecule has 2 aliphatic carbocycles. The van der Waals surface area contributed by atoms with Crippen molar-refractivity contribution >= 4 is 23.9 Å². The monoisotopic (exact) mass is 594 g/mol. The van der Waals surface area contributed by atoms with E-state index in [1.807, 2.05) is 6.92 Å². The molecule has 0 saturated carbocycles. The van der Waals surface area contributed by atoms with E-state index in [0.717, 1.165) is 26.7 Å². The van der Waals surface area contributed by atoms with Crippen LogP contribution < -0.4 is 0 Å². The summed E-state index contributed by atoms with van der Waals surface area (Å²) in [7, 11) is 0. The van der Waals surface area contributed by atoms with Crippen LogP contribution in [-0.4, -0.2) is 92.6 Å². The molecular formula is C30H42O12. The number of hydrogen-bond donors (Lipinski definition) is 3. The Labute approximate surface area is 245 Å². The largest absolute Gasteiger partial charge is 0.459 e. The van der Waals surface area contributed by atoms with Gasteiger partial charge in [-0.15, -0.1) is 0 Å². The Morgan fingerprint density at radius 3 is 2.19 bits per heavy atom. The van der Waals surface area contributed by atoms with Crippen molar-refractivity contribution in [1.29, 1.82) is 0 Å². The molecule has 0 amide bonds. The molecule has 0 aromatic carbocycles. The zero-order chi connectivity index (χ0) is 31.4. The summed E-state index contributed by atoms with van der Waals surface area (Å²) >= 11 is 0. The Bertz CT molecular complexity index is 1190. The number of rotatable bonds is 7. The highest BCUT2D eigenvalue weighted by Gasteiger charge is 2.88. The Morgan fingerprint density at radius 2 is 1.62 bits per heavy atom. The second kappa shape index (κ2) is 11.0. The zero-order valence-electron chi connectivity index (χ0n) is 25.1. The molecule has 0 radical (unpaired) electrons. The van der Waals surface area contributed by atoms with E-state index in [2.05, 4.69) is 0 Å². The SMILES string of the molecule is CCCCCC(=O)O[C@H]1/C(C)=C\[C@@H]2OC(=O)[C@]3(C)O[C@]23[C@@H](OC(C)=O)[C@H]2[C@](C)(O)[C@H](O)C=C[C@]2(C)[C@@H](OC(C)=O)[C@@H]1O. The molecule has 2 fully saturated rings. The van der Waals surface area contributed by atoms with Crippen LogP contribution in [0, 0.1) is 11.3 Å². The molecule has 4 aliphatic rings. The summed E-state index contributed by atoms with van der Waals surface area (Å²) in [6, 6.07) is 0. The number of epoxide rings is 1. The minimum absolute atomic E-state index is 0.0847. The standard InChI is InChI=1S/C30H42O12/c1-8-9-10-11-20(34)41-22-15(2)14-19-30(29(7,42-30)26(36)40-19)25(39-17(4)32)23-27(5,13-12-18(33)28(23,6)37)24(21(22)35)38-16(3)31/h12-14,18-19,21-25,33,35,37H,8-11H2,1-7H3/b15-14-/t18-,19+,21-,22+,23-,24+,25+,27+,28-,29+,30+/m1/s1. The van der Waals surface area contributed by atoms with E-state index < -0.39 is 88.6 Å². The molecule has 3 N–H and O–H groups in total. The average molecular weight is 595 g/mol. The maximum atomic E-state index is 13.1. The van der Waals surface area contributed by atoms with Crippen molar-refractivity contribution in [3.8, 4) is 0 Å². The lowest BCUT2D eigenvalue weighted by molar-refractivity contribution is -0.226. The van der Waals surface area contributed by atoms with E-state index >= 15 is 0 Å². The van der Waals surface area contributed by atoms with E-state index in [-0.39, 0.29) is 12.0 Å². The number of ether oxygens (including phenoxy) is 5. The molecule has 1 spiro atoms. The van der Waals surface area contributed by atoms with Crippen LogP contribution in [0.3, 0.4) is 0 Å².